The van der Waals surface area contributed by atoms with E-state index in [1.807, 2.05) is 37.3 Å². The fraction of sp³-hybridized carbons (Fsp3) is 0.188. The Bertz CT molecular complexity index is 644. The van der Waals surface area contributed by atoms with Gasteiger partial charge < -0.3 is 15.8 Å². The van der Waals surface area contributed by atoms with Crippen LogP contribution >= 0.6 is 15.9 Å². The molecule has 0 heterocycles. The number of rotatable bonds is 5. The number of anilines is 2. The van der Waals surface area contributed by atoms with Gasteiger partial charge in [0.2, 0.25) is 5.91 Å². The van der Waals surface area contributed by atoms with Crippen LogP contribution in [0.5, 0.6) is 5.75 Å². The minimum Gasteiger partial charge on any atom is -0.491 e. The third-order valence-corrected chi connectivity index (χ3v) is 3.59. The summed E-state index contributed by atoms with van der Waals surface area (Å²) >= 11 is 3.41. The summed E-state index contributed by atoms with van der Waals surface area (Å²) in [5, 5.41) is 2.85. The summed E-state index contributed by atoms with van der Waals surface area (Å²) in [5.41, 5.74) is 8.18. The van der Waals surface area contributed by atoms with E-state index in [0.717, 1.165) is 15.7 Å². The van der Waals surface area contributed by atoms with Crippen molar-refractivity contribution < 1.29 is 9.53 Å². The fourth-order valence-electron chi connectivity index (χ4n) is 1.81. The van der Waals surface area contributed by atoms with Crippen molar-refractivity contribution in [2.45, 2.75) is 13.3 Å². The molecule has 0 spiro atoms. The second-order valence-corrected chi connectivity index (χ2v) is 5.52. The second-order valence-electron chi connectivity index (χ2n) is 4.67. The zero-order valence-electron chi connectivity index (χ0n) is 11.7. The molecule has 2 aromatic rings. The summed E-state index contributed by atoms with van der Waals surface area (Å²) in [6, 6.07) is 13.0. The highest BCUT2D eigenvalue weighted by molar-refractivity contribution is 9.10. The van der Waals surface area contributed by atoms with Crippen molar-refractivity contribution in [1.29, 1.82) is 0 Å². The molecule has 0 radical (unpaired) electrons. The van der Waals surface area contributed by atoms with E-state index in [1.165, 1.54) is 0 Å². The Balaban J connectivity index is 1.85. The van der Waals surface area contributed by atoms with Crippen LogP contribution in [0.25, 0.3) is 0 Å². The molecular formula is C16H17BrN2O2. The number of halogens is 1. The molecule has 0 saturated heterocycles. The lowest BCUT2D eigenvalue weighted by molar-refractivity contribution is -0.116. The van der Waals surface area contributed by atoms with Crippen molar-refractivity contribution in [1.82, 2.24) is 0 Å². The number of nitrogens with two attached hydrogens (primary N) is 1. The molecule has 1 amide bonds. The predicted octanol–water partition coefficient (Wildman–Crippen LogP) is 3.75. The second kappa shape index (κ2) is 7.13. The average molecular weight is 349 g/mol. The Hall–Kier alpha value is -2.01. The van der Waals surface area contributed by atoms with Gasteiger partial charge in [-0.15, -0.1) is 0 Å². The number of carbonyl (C=O) groups is 1. The average Bonchev–Trinajstić information content (AvgIpc) is 2.45. The molecule has 0 aromatic heterocycles. The van der Waals surface area contributed by atoms with Gasteiger partial charge in [0.05, 0.1) is 24.4 Å². The number of aryl methyl sites for hydroxylation is 1. The smallest absolute Gasteiger partial charge is 0.227 e. The van der Waals surface area contributed by atoms with E-state index in [2.05, 4.69) is 21.2 Å². The summed E-state index contributed by atoms with van der Waals surface area (Å²) < 4.78 is 6.36. The van der Waals surface area contributed by atoms with Crippen LogP contribution in [0.1, 0.15) is 12.0 Å². The zero-order valence-corrected chi connectivity index (χ0v) is 13.3. The highest BCUT2D eigenvalue weighted by Crippen LogP contribution is 2.23. The zero-order chi connectivity index (χ0) is 15.2. The molecule has 0 unspecified atom stereocenters. The van der Waals surface area contributed by atoms with Crippen molar-refractivity contribution in [3.63, 3.8) is 0 Å². The topological polar surface area (TPSA) is 64.3 Å². The van der Waals surface area contributed by atoms with Crippen molar-refractivity contribution in [2.75, 3.05) is 17.7 Å². The number of ether oxygens (including phenoxy) is 1. The van der Waals surface area contributed by atoms with Crippen LogP contribution in [0.3, 0.4) is 0 Å². The molecule has 2 rings (SSSR count). The molecule has 21 heavy (non-hydrogen) atoms. The van der Waals surface area contributed by atoms with Gasteiger partial charge >= 0.3 is 0 Å². The van der Waals surface area contributed by atoms with E-state index in [9.17, 15) is 4.79 Å². The first-order valence-electron chi connectivity index (χ1n) is 6.59. The van der Waals surface area contributed by atoms with Gasteiger partial charge in [-0.1, -0.05) is 18.2 Å². The van der Waals surface area contributed by atoms with Crippen LogP contribution in [-0.2, 0) is 4.79 Å². The van der Waals surface area contributed by atoms with Gasteiger partial charge in [-0.05, 0) is 52.7 Å². The fourth-order valence-corrected chi connectivity index (χ4v) is 2.16. The molecule has 0 saturated carbocycles. The quantitative estimate of drug-likeness (QED) is 0.808. The Morgan fingerprint density at radius 3 is 2.81 bits per heavy atom. The van der Waals surface area contributed by atoms with E-state index in [-0.39, 0.29) is 18.9 Å². The van der Waals surface area contributed by atoms with Gasteiger partial charge in [-0.2, -0.15) is 0 Å². The first-order chi connectivity index (χ1) is 10.1. The molecule has 110 valence electrons. The Morgan fingerprint density at radius 2 is 2.05 bits per heavy atom. The third-order valence-electron chi connectivity index (χ3n) is 2.90. The molecule has 5 heteroatoms. The van der Waals surface area contributed by atoms with Crippen LogP contribution in [0.15, 0.2) is 46.9 Å². The third kappa shape index (κ3) is 4.49. The summed E-state index contributed by atoms with van der Waals surface area (Å²) in [5.74, 6) is 0.498. The van der Waals surface area contributed by atoms with Crippen LogP contribution in [0.4, 0.5) is 11.4 Å². The number of nitrogen functional groups attached to an aromatic ring is 1. The standard InChI is InChI=1S/C16H17BrN2O2/c1-11-6-7-12(17)14(10-11)19-16(20)8-9-21-15-5-3-2-4-13(15)18/h2-7,10H,8-9,18H2,1H3,(H,19,20). The van der Waals surface area contributed by atoms with E-state index in [0.29, 0.717) is 11.4 Å². The maximum absolute atomic E-state index is 11.9. The maximum atomic E-state index is 11.9. The highest BCUT2D eigenvalue weighted by Gasteiger charge is 2.07. The normalized spacial score (nSPS) is 10.2. The minimum absolute atomic E-state index is 0.101. The van der Waals surface area contributed by atoms with Crippen molar-refractivity contribution in [2.24, 2.45) is 0 Å². The predicted molar refractivity (Wildman–Crippen MR) is 88.5 cm³/mol. The van der Waals surface area contributed by atoms with E-state index < -0.39 is 0 Å². The first kappa shape index (κ1) is 15.4. The number of benzene rings is 2. The van der Waals surface area contributed by atoms with Gasteiger partial charge in [0.15, 0.2) is 0 Å². The number of hydrogen-bond acceptors (Lipinski definition) is 3. The van der Waals surface area contributed by atoms with Gasteiger partial charge in [-0.25, -0.2) is 0 Å². The number of nitrogens with one attached hydrogen (secondary N) is 1. The lowest BCUT2D eigenvalue weighted by Gasteiger charge is -2.10. The van der Waals surface area contributed by atoms with Crippen LogP contribution < -0.4 is 15.8 Å². The summed E-state index contributed by atoms with van der Waals surface area (Å²) in [7, 11) is 0. The Morgan fingerprint density at radius 1 is 1.29 bits per heavy atom. The summed E-state index contributed by atoms with van der Waals surface area (Å²) in [4.78, 5) is 11.9. The van der Waals surface area contributed by atoms with Gasteiger partial charge in [-0.3, -0.25) is 4.79 Å². The van der Waals surface area contributed by atoms with E-state index >= 15 is 0 Å². The molecule has 0 bridgehead atoms. The molecule has 0 atom stereocenters. The van der Waals surface area contributed by atoms with Crippen LogP contribution in [0.2, 0.25) is 0 Å². The van der Waals surface area contributed by atoms with Crippen molar-refractivity contribution >= 4 is 33.2 Å². The molecule has 0 aliphatic carbocycles. The SMILES string of the molecule is Cc1ccc(Br)c(NC(=O)CCOc2ccccc2N)c1. The molecule has 4 nitrogen and oxygen atoms in total. The number of carbonyl (C=O) groups excluding carboxylic acids is 1. The highest BCUT2D eigenvalue weighted by atomic mass is 79.9. The summed E-state index contributed by atoms with van der Waals surface area (Å²) in [6.07, 6.45) is 0.259. The van der Waals surface area contributed by atoms with Gasteiger partial charge in [0, 0.05) is 4.47 Å². The molecule has 3 N–H and O–H groups in total. The minimum atomic E-state index is -0.101. The molecule has 0 aliphatic rings. The lowest BCUT2D eigenvalue weighted by Crippen LogP contribution is -2.15. The Kier molecular flexibility index (Phi) is 5.22. The number of para-hydroxylation sites is 2. The largest absolute Gasteiger partial charge is 0.491 e. The van der Waals surface area contributed by atoms with Crippen molar-refractivity contribution in [3.8, 4) is 5.75 Å². The number of amides is 1. The van der Waals surface area contributed by atoms with E-state index in [1.54, 1.807) is 12.1 Å². The van der Waals surface area contributed by atoms with Crippen molar-refractivity contribution in [3.05, 3.63) is 52.5 Å². The monoisotopic (exact) mass is 348 g/mol. The molecule has 0 fully saturated rings. The van der Waals surface area contributed by atoms with Crippen LogP contribution in [-0.4, -0.2) is 12.5 Å². The first-order valence-corrected chi connectivity index (χ1v) is 7.39. The van der Waals surface area contributed by atoms with Crippen LogP contribution in [0, 0.1) is 6.92 Å². The molecule has 2 aromatic carbocycles. The van der Waals surface area contributed by atoms with E-state index in [4.69, 9.17) is 10.5 Å². The lowest BCUT2D eigenvalue weighted by atomic mass is 10.2. The molecular weight excluding hydrogens is 332 g/mol. The van der Waals surface area contributed by atoms with Gasteiger partial charge in [0.25, 0.3) is 0 Å². The Labute approximate surface area is 132 Å². The number of hydrogen-bond donors (Lipinski definition) is 2. The summed E-state index contributed by atoms with van der Waals surface area (Å²) in [6.45, 7) is 2.26. The molecule has 0 aliphatic heterocycles. The van der Waals surface area contributed by atoms with Gasteiger partial charge in [0.1, 0.15) is 5.75 Å². The maximum Gasteiger partial charge on any atom is 0.227 e.